The monoisotopic (exact) mass is 240 g/mol. The van der Waals surface area contributed by atoms with Gasteiger partial charge >= 0.3 is 5.97 Å². The number of fused-ring (bicyclic) bond motifs is 1. The molecule has 0 aliphatic heterocycles. The topological polar surface area (TPSA) is 66.0 Å². The number of hydrogen-bond donors (Lipinski definition) is 2. The highest BCUT2D eigenvalue weighted by molar-refractivity contribution is 9.10. The van der Waals surface area contributed by atoms with Crippen molar-refractivity contribution in [2.24, 2.45) is 0 Å². The predicted molar refractivity (Wildman–Crippen MR) is 50.8 cm³/mol. The van der Waals surface area contributed by atoms with Crippen LogP contribution < -0.4 is 0 Å². The number of carbonyl (C=O) groups is 1. The van der Waals surface area contributed by atoms with E-state index in [0.717, 1.165) is 9.86 Å². The number of rotatable bonds is 1. The van der Waals surface area contributed by atoms with E-state index in [2.05, 4.69) is 25.9 Å². The molecule has 0 spiro atoms. The molecule has 2 heterocycles. The summed E-state index contributed by atoms with van der Waals surface area (Å²) < 4.78 is 0.830. The first-order valence-corrected chi connectivity index (χ1v) is 4.33. The molecular weight excluding hydrogens is 236 g/mol. The van der Waals surface area contributed by atoms with Crippen molar-refractivity contribution in [3.63, 3.8) is 0 Å². The lowest BCUT2D eigenvalue weighted by Crippen LogP contribution is -1.94. The summed E-state index contributed by atoms with van der Waals surface area (Å²) in [5.41, 5.74) is 0.737. The fraction of sp³-hybridized carbons (Fsp3) is 0. The number of aromatic carboxylic acids is 1. The summed E-state index contributed by atoms with van der Waals surface area (Å²) in [5, 5.41) is 9.47. The van der Waals surface area contributed by atoms with Crippen LogP contribution in [0.3, 0.4) is 0 Å². The fourth-order valence-corrected chi connectivity index (χ4v) is 1.45. The molecule has 0 amide bonds. The maximum atomic E-state index is 10.6. The zero-order chi connectivity index (χ0) is 9.42. The van der Waals surface area contributed by atoms with E-state index >= 15 is 0 Å². The van der Waals surface area contributed by atoms with Gasteiger partial charge in [-0.1, -0.05) is 0 Å². The van der Waals surface area contributed by atoms with Gasteiger partial charge in [-0.2, -0.15) is 0 Å². The smallest absolute Gasteiger partial charge is 0.352 e. The minimum Gasteiger partial charge on any atom is -0.477 e. The van der Waals surface area contributed by atoms with Crippen LogP contribution in [0.2, 0.25) is 0 Å². The molecule has 0 unspecified atom stereocenters. The van der Waals surface area contributed by atoms with Gasteiger partial charge in [0.2, 0.25) is 0 Å². The number of carboxylic acid groups (broad SMARTS) is 1. The van der Waals surface area contributed by atoms with Gasteiger partial charge < -0.3 is 10.1 Å². The van der Waals surface area contributed by atoms with Crippen LogP contribution in [0, 0.1) is 0 Å². The number of pyridine rings is 1. The third-order valence-corrected chi connectivity index (χ3v) is 2.10. The number of aromatic nitrogens is 2. The van der Waals surface area contributed by atoms with Gasteiger partial charge in [0.25, 0.3) is 0 Å². The molecule has 4 nitrogen and oxygen atoms in total. The van der Waals surface area contributed by atoms with E-state index in [9.17, 15) is 4.79 Å². The van der Waals surface area contributed by atoms with Crippen molar-refractivity contribution in [1.29, 1.82) is 0 Å². The second kappa shape index (κ2) is 2.85. The molecule has 0 aliphatic rings. The highest BCUT2D eigenvalue weighted by Crippen LogP contribution is 2.17. The van der Waals surface area contributed by atoms with Gasteiger partial charge in [0.15, 0.2) is 0 Å². The second-order valence-electron chi connectivity index (χ2n) is 2.58. The Kier molecular flexibility index (Phi) is 1.81. The maximum absolute atomic E-state index is 10.6. The van der Waals surface area contributed by atoms with Crippen LogP contribution in [0.1, 0.15) is 10.5 Å². The van der Waals surface area contributed by atoms with Crippen molar-refractivity contribution in [2.75, 3.05) is 0 Å². The van der Waals surface area contributed by atoms with Crippen molar-refractivity contribution in [2.45, 2.75) is 0 Å². The molecule has 2 N–H and O–H groups in total. The summed E-state index contributed by atoms with van der Waals surface area (Å²) in [6.45, 7) is 0. The summed E-state index contributed by atoms with van der Waals surface area (Å²) in [4.78, 5) is 17.3. The van der Waals surface area contributed by atoms with Crippen molar-refractivity contribution in [1.82, 2.24) is 9.97 Å². The summed E-state index contributed by atoms with van der Waals surface area (Å²) in [6.07, 6.45) is 1.62. The number of aromatic amines is 1. The first kappa shape index (κ1) is 8.25. The van der Waals surface area contributed by atoms with Crippen LogP contribution in [-0.4, -0.2) is 21.0 Å². The molecule has 0 aromatic carbocycles. The summed E-state index contributed by atoms with van der Waals surface area (Å²) in [5.74, 6) is -0.978. The Morgan fingerprint density at radius 1 is 1.54 bits per heavy atom. The van der Waals surface area contributed by atoms with Crippen molar-refractivity contribution < 1.29 is 9.90 Å². The lowest BCUT2D eigenvalue weighted by Gasteiger charge is -1.88. The number of carboxylic acids is 1. The van der Waals surface area contributed by atoms with E-state index in [1.54, 1.807) is 12.3 Å². The van der Waals surface area contributed by atoms with Crippen LogP contribution in [-0.2, 0) is 0 Å². The van der Waals surface area contributed by atoms with E-state index in [1.807, 2.05) is 6.07 Å². The van der Waals surface area contributed by atoms with Crippen LogP contribution >= 0.6 is 15.9 Å². The molecule has 0 atom stereocenters. The standard InChI is InChI=1S/C8H5BrN2O2/c9-5-1-4-2-6(8(12)13)11-7(4)10-3-5/h1-3H,(H,10,11)(H,12,13). The van der Waals surface area contributed by atoms with Gasteiger partial charge in [-0.05, 0) is 28.1 Å². The van der Waals surface area contributed by atoms with Gasteiger partial charge in [0.05, 0.1) is 0 Å². The lowest BCUT2D eigenvalue weighted by molar-refractivity contribution is 0.0691. The molecule has 2 rings (SSSR count). The van der Waals surface area contributed by atoms with Crippen molar-refractivity contribution in [3.05, 3.63) is 28.5 Å². The molecule has 5 heteroatoms. The quantitative estimate of drug-likeness (QED) is 0.802. The summed E-state index contributed by atoms with van der Waals surface area (Å²) >= 11 is 3.25. The number of nitrogens with one attached hydrogen (secondary N) is 1. The molecule has 0 bridgehead atoms. The summed E-state index contributed by atoms with van der Waals surface area (Å²) in [7, 11) is 0. The van der Waals surface area contributed by atoms with Gasteiger partial charge in [-0.3, -0.25) is 0 Å². The highest BCUT2D eigenvalue weighted by Gasteiger charge is 2.07. The molecular formula is C8H5BrN2O2. The minimum atomic E-state index is -0.978. The van der Waals surface area contributed by atoms with E-state index in [4.69, 9.17) is 5.11 Å². The maximum Gasteiger partial charge on any atom is 0.352 e. The number of halogens is 1. The molecule has 0 radical (unpaired) electrons. The molecule has 0 fully saturated rings. The number of H-pyrrole nitrogens is 1. The fourth-order valence-electron chi connectivity index (χ4n) is 1.10. The third kappa shape index (κ3) is 1.42. The molecule has 2 aromatic rings. The highest BCUT2D eigenvalue weighted by atomic mass is 79.9. The molecule has 2 aromatic heterocycles. The van der Waals surface area contributed by atoms with Crippen LogP contribution in [0.25, 0.3) is 11.0 Å². The second-order valence-corrected chi connectivity index (χ2v) is 3.50. The average molecular weight is 241 g/mol. The zero-order valence-corrected chi connectivity index (χ0v) is 8.00. The molecule has 0 saturated carbocycles. The van der Waals surface area contributed by atoms with Gasteiger partial charge in [-0.25, -0.2) is 9.78 Å². The summed E-state index contributed by atoms with van der Waals surface area (Å²) in [6, 6.07) is 3.36. The Balaban J connectivity index is 2.68. The minimum absolute atomic E-state index is 0.153. The molecule has 66 valence electrons. The Hall–Kier alpha value is -1.36. The van der Waals surface area contributed by atoms with Crippen molar-refractivity contribution >= 4 is 32.9 Å². The Bertz CT molecular complexity index is 478. The van der Waals surface area contributed by atoms with E-state index in [0.29, 0.717) is 5.65 Å². The molecule has 0 aliphatic carbocycles. The Morgan fingerprint density at radius 2 is 2.31 bits per heavy atom. The zero-order valence-electron chi connectivity index (χ0n) is 6.41. The van der Waals surface area contributed by atoms with Gasteiger partial charge in [-0.15, -0.1) is 0 Å². The average Bonchev–Trinajstić information content (AvgIpc) is 2.46. The lowest BCUT2D eigenvalue weighted by atomic mass is 10.3. The van der Waals surface area contributed by atoms with Crippen LogP contribution in [0.4, 0.5) is 0 Å². The SMILES string of the molecule is O=C(O)c1cc2cc(Br)cnc2[nH]1. The number of hydrogen-bond acceptors (Lipinski definition) is 2. The Morgan fingerprint density at radius 3 is 3.00 bits per heavy atom. The van der Waals surface area contributed by atoms with E-state index in [-0.39, 0.29) is 5.69 Å². The number of nitrogens with zero attached hydrogens (tertiary/aromatic N) is 1. The van der Waals surface area contributed by atoms with Gasteiger partial charge in [0, 0.05) is 16.1 Å². The molecule has 0 saturated heterocycles. The largest absolute Gasteiger partial charge is 0.477 e. The van der Waals surface area contributed by atoms with E-state index < -0.39 is 5.97 Å². The van der Waals surface area contributed by atoms with Crippen LogP contribution in [0.5, 0.6) is 0 Å². The van der Waals surface area contributed by atoms with Crippen LogP contribution in [0.15, 0.2) is 22.8 Å². The van der Waals surface area contributed by atoms with Gasteiger partial charge in [0.1, 0.15) is 11.3 Å². The molecule has 13 heavy (non-hydrogen) atoms. The first-order valence-electron chi connectivity index (χ1n) is 3.54. The predicted octanol–water partition coefficient (Wildman–Crippen LogP) is 2.02. The Labute approximate surface area is 81.7 Å². The van der Waals surface area contributed by atoms with Crippen molar-refractivity contribution in [3.8, 4) is 0 Å². The van der Waals surface area contributed by atoms with E-state index in [1.165, 1.54) is 0 Å². The third-order valence-electron chi connectivity index (χ3n) is 1.67. The normalized spacial score (nSPS) is 10.5. The first-order chi connectivity index (χ1) is 6.16.